The predicted molar refractivity (Wildman–Crippen MR) is 576 cm³/mol. The fourth-order valence-electron chi connectivity index (χ4n) is 24.9. The van der Waals surface area contributed by atoms with E-state index in [-0.39, 0.29) is 70.3 Å². The molecule has 25 rings (SSSR count). The Morgan fingerprint density at radius 3 is 0.777 bits per heavy atom. The Morgan fingerprint density at radius 2 is 0.496 bits per heavy atom. The van der Waals surface area contributed by atoms with E-state index in [1.165, 1.54) is 166 Å². The number of para-hydroxylation sites is 3. The monoisotopic (exact) mass is 1970 g/mol. The maximum atomic E-state index is 5.23. The molecule has 6 heterocycles. The molecule has 1 fully saturated rings. The van der Waals surface area contributed by atoms with Crippen molar-refractivity contribution in [2.45, 2.75) is 173 Å². The van der Waals surface area contributed by atoms with Crippen LogP contribution in [0.25, 0.3) is 183 Å². The summed E-state index contributed by atoms with van der Waals surface area (Å²) in [6.07, 6.45) is 8.56. The van der Waals surface area contributed by atoms with Gasteiger partial charge in [0.1, 0.15) is 0 Å². The van der Waals surface area contributed by atoms with E-state index in [1.54, 1.807) is 0 Å². The zero-order valence-corrected chi connectivity index (χ0v) is 84.2. The summed E-state index contributed by atoms with van der Waals surface area (Å²) in [5, 5.41) is 7.32. The molecule has 4 aliphatic rings. The van der Waals surface area contributed by atoms with E-state index in [0.717, 1.165) is 103 Å². The third-order valence-corrected chi connectivity index (χ3v) is 32.1. The van der Waals surface area contributed by atoms with E-state index in [1.807, 2.05) is 18.6 Å². The van der Waals surface area contributed by atoms with E-state index in [0.29, 0.717) is 0 Å². The molecule has 0 N–H and O–H groups in total. The molecule has 0 atom stereocenters. The first-order chi connectivity index (χ1) is 66.6. The van der Waals surface area contributed by atoms with E-state index < -0.39 is 0 Å². The number of rotatable bonds is 12. The Bertz CT molecular complexity index is 7880. The van der Waals surface area contributed by atoms with Crippen molar-refractivity contribution in [1.29, 1.82) is 0 Å². The molecular weight excluding hydrogens is 1860 g/mol. The van der Waals surface area contributed by atoms with Crippen molar-refractivity contribution in [1.82, 2.24) is 28.7 Å². The van der Waals surface area contributed by atoms with E-state index >= 15 is 0 Å². The van der Waals surface area contributed by atoms with Gasteiger partial charge in [0.25, 0.3) is 0 Å². The summed E-state index contributed by atoms with van der Waals surface area (Å²) in [6, 6.07) is 138. The van der Waals surface area contributed by atoms with Crippen LogP contribution in [0.4, 0.5) is 0 Å². The van der Waals surface area contributed by atoms with Crippen LogP contribution >= 0.6 is 0 Å². The van der Waals surface area contributed by atoms with E-state index in [4.69, 9.17) is 15.0 Å². The Morgan fingerprint density at radius 1 is 0.245 bits per heavy atom. The smallest absolute Gasteiger partial charge is 0.326 e. The van der Waals surface area contributed by atoms with Crippen LogP contribution < -0.4 is 0 Å². The van der Waals surface area contributed by atoms with Crippen molar-refractivity contribution in [3.05, 3.63) is 431 Å². The van der Waals surface area contributed by atoms with Gasteiger partial charge in [0, 0.05) is 67.2 Å². The van der Waals surface area contributed by atoms with Gasteiger partial charge in [-0.25, -0.2) is 0 Å². The molecule has 15 aromatic carbocycles. The minimum atomic E-state index is -0.250. The van der Waals surface area contributed by atoms with Gasteiger partial charge in [0.05, 0.1) is 33.1 Å². The summed E-state index contributed by atoms with van der Waals surface area (Å²) < 4.78 is 7.80. The second-order valence-electron chi connectivity index (χ2n) is 44.3. The Labute approximate surface area is 830 Å². The zero-order valence-electron chi connectivity index (χ0n) is 81.8. The van der Waals surface area contributed by atoms with Gasteiger partial charge in [-0.3, -0.25) is 0 Å². The third-order valence-electron chi connectivity index (χ3n) is 32.1. The van der Waals surface area contributed by atoms with Crippen LogP contribution in [-0.4, -0.2) is 28.7 Å². The molecule has 139 heavy (non-hydrogen) atoms. The number of benzene rings is 15. The van der Waals surface area contributed by atoms with Crippen LogP contribution in [0.1, 0.15) is 208 Å². The van der Waals surface area contributed by atoms with Gasteiger partial charge in [0.15, 0.2) is 0 Å². The van der Waals surface area contributed by atoms with Crippen molar-refractivity contribution in [3.8, 4) is 118 Å². The summed E-state index contributed by atoms with van der Waals surface area (Å²) in [6.45, 7) is 35.1. The number of pyridine rings is 3. The van der Waals surface area contributed by atoms with Gasteiger partial charge in [-0.2, -0.15) is 0 Å². The van der Waals surface area contributed by atoms with E-state index in [9.17, 15) is 0 Å². The molecule has 6 aromatic heterocycles. The summed E-state index contributed by atoms with van der Waals surface area (Å²) >= 11 is 0. The van der Waals surface area contributed by atoms with Crippen LogP contribution in [0.3, 0.4) is 0 Å². The first-order valence-corrected chi connectivity index (χ1v) is 49.5. The van der Waals surface area contributed by atoms with E-state index in [2.05, 4.69) is 463 Å². The molecule has 4 aliphatic carbocycles. The third kappa shape index (κ3) is 13.9. The molecule has 678 valence electrons. The Balaban J connectivity index is 0.0000105. The average molecular weight is 1970 g/mol. The minimum Gasteiger partial charge on any atom is -0.326 e. The largest absolute Gasteiger partial charge is 3.00 e. The number of aromatic nitrogens is 6. The zero-order chi connectivity index (χ0) is 94.1. The van der Waals surface area contributed by atoms with Gasteiger partial charge < -0.3 is 28.7 Å². The Kier molecular flexibility index (Phi) is 20.3. The summed E-state index contributed by atoms with van der Waals surface area (Å²) in [7, 11) is 0. The van der Waals surface area contributed by atoms with Crippen molar-refractivity contribution in [2.75, 3.05) is 0 Å². The van der Waals surface area contributed by atoms with Crippen molar-refractivity contribution in [2.24, 2.45) is 0 Å². The van der Waals surface area contributed by atoms with Crippen molar-refractivity contribution in [3.63, 3.8) is 0 Å². The molecule has 21 aromatic rings. The fraction of sp³-hybridized carbons (Fsp3) is 0.205. The molecular formula is C132H111IrN6. The molecule has 0 aliphatic heterocycles. The molecule has 0 amide bonds. The summed E-state index contributed by atoms with van der Waals surface area (Å²) in [5.74, 6) is 0.0206. The molecule has 6 nitrogen and oxygen atoms in total. The summed E-state index contributed by atoms with van der Waals surface area (Å²) in [4.78, 5) is 15.7. The molecule has 0 saturated heterocycles. The van der Waals surface area contributed by atoms with Crippen molar-refractivity contribution < 1.29 is 20.1 Å². The molecule has 7 heteroatoms. The quantitative estimate of drug-likeness (QED) is 0.115. The Hall–Kier alpha value is -14.2. The standard InChI is InChI=1S/C132H111N6.Ir/c1-127(2,3)85-58-61-133-115(70-85)79-52-55-100(121(67-79)136-118-49-31-25-43-97(118)106-73-103-94-40-22-28-46-109(94)130(10,11)112(103)76-124(106)136)91-37-19-16-34-88(91)82-64-83(89-35-17-20-38-92(89)101-56-53-80(116-71-86(59-62-134-116)128(4,5)6)68-122(101)137-119-50-32-26-44-98(119)107-74-104-95-41-23-29-47-110(95)131(12,13)113(104)77-125(107)137)66-84(65-82)90-36-18-21-39-93(90)102-57-54-81(117-72-87(60-63-135-117)129(7,8)9)69-123(102)138-120-51-33-27-45-99(120)108-75-105-96-42-24-30-48-111(96)132(14,15)114(105)78-126(108)138;/h16-51,55-63,67-78,82-84H,64-66H2,1-15H3;/q-3;+3. The molecule has 0 bridgehead atoms. The topological polar surface area (TPSA) is 53.5 Å². The molecule has 0 radical (unpaired) electrons. The first-order valence-electron chi connectivity index (χ1n) is 49.5. The maximum absolute atomic E-state index is 5.23. The number of hydrogen-bond acceptors (Lipinski definition) is 3. The second-order valence-corrected chi connectivity index (χ2v) is 44.3. The van der Waals surface area contributed by atoms with Gasteiger partial charge >= 0.3 is 20.1 Å². The summed E-state index contributed by atoms with van der Waals surface area (Å²) in [5.41, 5.74) is 45.1. The van der Waals surface area contributed by atoms with Crippen LogP contribution in [0.2, 0.25) is 0 Å². The van der Waals surface area contributed by atoms with Gasteiger partial charge in [0.2, 0.25) is 0 Å². The average Bonchev–Trinajstić information content (AvgIpc) is 1.56. The second kappa shape index (κ2) is 32.2. The molecule has 0 spiro atoms. The van der Waals surface area contributed by atoms with Crippen molar-refractivity contribution >= 4 is 65.4 Å². The first kappa shape index (κ1) is 87.6. The number of fused-ring (bicyclic) bond motifs is 18. The molecule has 1 saturated carbocycles. The fourth-order valence-corrected chi connectivity index (χ4v) is 24.9. The van der Waals surface area contributed by atoms with Crippen LogP contribution in [-0.2, 0) is 52.6 Å². The van der Waals surface area contributed by atoms with Crippen LogP contribution in [0.15, 0.2) is 346 Å². The number of hydrogen-bond donors (Lipinski definition) is 0. The van der Waals surface area contributed by atoms with Gasteiger partial charge in [-0.1, -0.05) is 356 Å². The molecule has 0 unspecified atom stereocenters. The maximum Gasteiger partial charge on any atom is 3.00 e. The van der Waals surface area contributed by atoms with Gasteiger partial charge in [-0.05, 0) is 260 Å². The van der Waals surface area contributed by atoms with Gasteiger partial charge in [-0.15, -0.1) is 71.3 Å². The SMILES string of the molecule is CC(C)(C)c1ccnc(-c2[c-]cc(-c3ccccc3C3CC(c4ccccc4-c4c[c-]c(-c5cc(C(C)(C)C)ccn5)cc4-n4c5ccccc5c5cc6c(cc54)C(C)(C)c4ccccc4-6)CC(c4ccccc4-c4c[c-]c(-c5cc(C(C)(C)C)ccn5)cc4-n4c5ccccc5c5cc6c(cc54)C(C)(C)c4ccccc4-6)C3)c(-n3c4ccccc4c4cc5c(cc43)C(C)(C)c3ccccc3-5)c2)c1.[Ir+3]. The predicted octanol–water partition coefficient (Wildman–Crippen LogP) is 34.2. The van der Waals surface area contributed by atoms with Crippen LogP contribution in [0, 0.1) is 18.2 Å². The normalized spacial score (nSPS) is 16.1. The van der Waals surface area contributed by atoms with Crippen LogP contribution in [0.5, 0.6) is 0 Å². The minimum absolute atomic E-state index is 0. The number of nitrogens with zero attached hydrogens (tertiary/aromatic N) is 6.